The molecule has 11 aromatic rings. The van der Waals surface area contributed by atoms with Gasteiger partial charge in [-0.05, 0) is 92.7 Å². The average molecular weight is 766 g/mol. The largest absolute Gasteiger partial charge is 0.457 e. The highest BCUT2D eigenvalue weighted by molar-refractivity contribution is 6.20. The lowest BCUT2D eigenvalue weighted by Crippen LogP contribution is -2.32. The Bertz CT molecular complexity index is 3490. The van der Waals surface area contributed by atoms with Crippen molar-refractivity contribution in [3.05, 3.63) is 235 Å². The van der Waals surface area contributed by atoms with Gasteiger partial charge in [0.25, 0.3) is 0 Å². The zero-order valence-electron chi connectivity index (χ0n) is 32.5. The fraction of sp³-hybridized carbons (Fsp3) is 0.0175. The summed E-state index contributed by atoms with van der Waals surface area (Å²) in [7, 11) is 0. The van der Waals surface area contributed by atoms with Crippen LogP contribution < -0.4 is 9.64 Å². The lowest BCUT2D eigenvalue weighted by atomic mass is 9.66. The van der Waals surface area contributed by atoms with Crippen molar-refractivity contribution in [3.63, 3.8) is 0 Å². The number of rotatable bonds is 4. The minimum Gasteiger partial charge on any atom is -0.457 e. The van der Waals surface area contributed by atoms with E-state index in [1.54, 1.807) is 0 Å². The maximum atomic E-state index is 6.86. The zero-order chi connectivity index (χ0) is 39.4. The third-order valence-electron chi connectivity index (χ3n) is 12.9. The third-order valence-corrected chi connectivity index (χ3v) is 12.9. The first-order chi connectivity index (χ1) is 29.8. The van der Waals surface area contributed by atoms with Crippen LogP contribution in [0.2, 0.25) is 0 Å². The second-order valence-corrected chi connectivity index (χ2v) is 15.9. The number of anilines is 3. The SMILES string of the molecule is c1ccc2c(c1)Oc1cc(-c3ccc(N(c4cccc5ccccc45)c4cccc5ccc6c7ccccc7oc6c45)cc3)ccc1C21c2ccccc2-c2ccccc21. The van der Waals surface area contributed by atoms with Gasteiger partial charge in [-0.2, -0.15) is 0 Å². The molecule has 3 heteroatoms. The first-order valence-electron chi connectivity index (χ1n) is 20.6. The Morgan fingerprint density at radius 3 is 1.82 bits per heavy atom. The van der Waals surface area contributed by atoms with Crippen LogP contribution in [0.25, 0.3) is 65.7 Å². The van der Waals surface area contributed by atoms with Crippen LogP contribution in [0.3, 0.4) is 0 Å². The molecule has 280 valence electrons. The Labute approximate surface area is 347 Å². The van der Waals surface area contributed by atoms with Crippen molar-refractivity contribution in [1.82, 2.24) is 0 Å². The molecule has 0 amide bonds. The number of hydrogen-bond donors (Lipinski definition) is 0. The average Bonchev–Trinajstić information content (AvgIpc) is 3.84. The van der Waals surface area contributed by atoms with Gasteiger partial charge in [-0.25, -0.2) is 0 Å². The monoisotopic (exact) mass is 765 g/mol. The number of benzene rings is 10. The summed E-state index contributed by atoms with van der Waals surface area (Å²) in [5.41, 5.74) is 14.2. The van der Waals surface area contributed by atoms with Crippen LogP contribution in [-0.2, 0) is 5.41 Å². The predicted octanol–water partition coefficient (Wildman–Crippen LogP) is 15.5. The molecule has 1 aliphatic heterocycles. The van der Waals surface area contributed by atoms with E-state index >= 15 is 0 Å². The van der Waals surface area contributed by atoms with Crippen molar-refractivity contribution in [2.45, 2.75) is 5.41 Å². The van der Waals surface area contributed by atoms with E-state index in [-0.39, 0.29) is 0 Å². The molecular weight excluding hydrogens is 731 g/mol. The number of nitrogens with zero attached hydrogens (tertiary/aromatic N) is 1. The van der Waals surface area contributed by atoms with Crippen LogP contribution in [0.5, 0.6) is 11.5 Å². The highest BCUT2D eigenvalue weighted by Crippen LogP contribution is 2.62. The molecule has 60 heavy (non-hydrogen) atoms. The van der Waals surface area contributed by atoms with E-state index in [0.29, 0.717) is 0 Å². The number of fused-ring (bicyclic) bond motifs is 15. The van der Waals surface area contributed by atoms with Gasteiger partial charge in [-0.3, -0.25) is 0 Å². The van der Waals surface area contributed by atoms with Crippen molar-refractivity contribution >= 4 is 60.5 Å². The number of furan rings is 1. The lowest BCUT2D eigenvalue weighted by molar-refractivity contribution is 0.436. The Kier molecular flexibility index (Phi) is 6.93. The molecule has 1 aliphatic carbocycles. The van der Waals surface area contributed by atoms with Crippen molar-refractivity contribution in [2.75, 3.05) is 4.90 Å². The topological polar surface area (TPSA) is 25.6 Å². The maximum absolute atomic E-state index is 6.86. The molecule has 3 nitrogen and oxygen atoms in total. The molecule has 10 aromatic carbocycles. The first-order valence-corrected chi connectivity index (χ1v) is 20.6. The van der Waals surface area contributed by atoms with Gasteiger partial charge in [0.15, 0.2) is 0 Å². The summed E-state index contributed by atoms with van der Waals surface area (Å²) in [5.74, 6) is 1.77. The van der Waals surface area contributed by atoms with Crippen molar-refractivity contribution < 1.29 is 9.15 Å². The Balaban J connectivity index is 0.982. The molecule has 0 bridgehead atoms. The van der Waals surface area contributed by atoms with Gasteiger partial charge >= 0.3 is 0 Å². The van der Waals surface area contributed by atoms with Gasteiger partial charge in [-0.1, -0.05) is 164 Å². The van der Waals surface area contributed by atoms with E-state index < -0.39 is 5.41 Å². The summed E-state index contributed by atoms with van der Waals surface area (Å²) in [4.78, 5) is 2.40. The molecule has 0 saturated heterocycles. The molecule has 2 heterocycles. The van der Waals surface area contributed by atoms with E-state index in [4.69, 9.17) is 9.15 Å². The number of ether oxygens (including phenoxy) is 1. The van der Waals surface area contributed by atoms with Gasteiger partial charge in [0.1, 0.15) is 22.7 Å². The molecular formula is C57H35NO2. The molecule has 0 saturated carbocycles. The van der Waals surface area contributed by atoms with Crippen LogP contribution in [0.1, 0.15) is 22.3 Å². The summed E-state index contributed by atoms with van der Waals surface area (Å²) in [6.07, 6.45) is 0. The number of para-hydroxylation sites is 2. The van der Waals surface area contributed by atoms with E-state index in [0.717, 1.165) is 78.0 Å². The van der Waals surface area contributed by atoms with Crippen molar-refractivity contribution in [2.24, 2.45) is 0 Å². The van der Waals surface area contributed by atoms with E-state index in [9.17, 15) is 0 Å². The second-order valence-electron chi connectivity index (χ2n) is 15.9. The Morgan fingerprint density at radius 1 is 0.383 bits per heavy atom. The molecule has 13 rings (SSSR count). The molecule has 0 atom stereocenters. The van der Waals surface area contributed by atoms with E-state index in [1.807, 2.05) is 6.07 Å². The molecule has 0 radical (unpaired) electrons. The van der Waals surface area contributed by atoms with Crippen molar-refractivity contribution in [1.29, 1.82) is 0 Å². The highest BCUT2D eigenvalue weighted by Gasteiger charge is 2.50. The van der Waals surface area contributed by atoms with Gasteiger partial charge in [0.2, 0.25) is 0 Å². The van der Waals surface area contributed by atoms with Crippen LogP contribution in [0, 0.1) is 0 Å². The summed E-state index contributed by atoms with van der Waals surface area (Å²) >= 11 is 0. The summed E-state index contributed by atoms with van der Waals surface area (Å²) in [6, 6.07) is 76.5. The predicted molar refractivity (Wildman–Crippen MR) is 246 cm³/mol. The van der Waals surface area contributed by atoms with Crippen LogP contribution >= 0.6 is 0 Å². The molecule has 0 fully saturated rings. The van der Waals surface area contributed by atoms with Crippen LogP contribution in [-0.4, -0.2) is 0 Å². The molecule has 0 N–H and O–H groups in total. The van der Waals surface area contributed by atoms with Crippen LogP contribution in [0.4, 0.5) is 17.1 Å². The van der Waals surface area contributed by atoms with Gasteiger partial charge in [-0.15, -0.1) is 0 Å². The third kappa shape index (κ3) is 4.54. The second kappa shape index (κ2) is 12.6. The summed E-state index contributed by atoms with van der Waals surface area (Å²) < 4.78 is 13.6. The Hall–Kier alpha value is -7.88. The molecule has 1 spiro atoms. The fourth-order valence-electron chi connectivity index (χ4n) is 10.4. The van der Waals surface area contributed by atoms with E-state index in [1.165, 1.54) is 38.6 Å². The van der Waals surface area contributed by atoms with E-state index in [2.05, 4.69) is 211 Å². The molecule has 0 unspecified atom stereocenters. The maximum Gasteiger partial charge on any atom is 0.145 e. The first kappa shape index (κ1) is 33.1. The smallest absolute Gasteiger partial charge is 0.145 e. The minimum atomic E-state index is -0.484. The summed E-state index contributed by atoms with van der Waals surface area (Å²) in [6.45, 7) is 0. The standard InChI is InChI=1S/C57H35NO2/c1-2-16-41-37(13-1)14-11-23-50(41)58(51-24-12-15-38-29-33-45-44-19-5-9-25-52(44)60-56(45)55(38)51)40-31-27-36(28-32-40)39-30-34-49-54(35-39)59-53-26-10-8-22-48(53)57(49)46-20-6-3-17-42(46)43-18-4-7-21-47(43)57/h1-35H. The highest BCUT2D eigenvalue weighted by atomic mass is 16.5. The van der Waals surface area contributed by atoms with Gasteiger partial charge < -0.3 is 14.1 Å². The fourth-order valence-corrected chi connectivity index (χ4v) is 10.4. The van der Waals surface area contributed by atoms with Crippen molar-refractivity contribution in [3.8, 4) is 33.8 Å². The minimum absolute atomic E-state index is 0.484. The van der Waals surface area contributed by atoms with Crippen LogP contribution in [0.15, 0.2) is 217 Å². The summed E-state index contributed by atoms with van der Waals surface area (Å²) in [5, 5.41) is 6.80. The Morgan fingerprint density at radius 2 is 1.00 bits per heavy atom. The number of hydrogen-bond acceptors (Lipinski definition) is 3. The van der Waals surface area contributed by atoms with Gasteiger partial charge in [0, 0.05) is 38.4 Å². The quantitative estimate of drug-likeness (QED) is 0.178. The van der Waals surface area contributed by atoms with Gasteiger partial charge in [0.05, 0.1) is 16.8 Å². The zero-order valence-corrected chi connectivity index (χ0v) is 32.5. The normalized spacial score (nSPS) is 13.3. The molecule has 1 aromatic heterocycles. The molecule has 2 aliphatic rings. The lowest BCUT2D eigenvalue weighted by Gasteiger charge is -2.39.